The molecule has 0 aromatic heterocycles. The van der Waals surface area contributed by atoms with Crippen molar-refractivity contribution >= 4 is 0 Å². The van der Waals surface area contributed by atoms with Crippen LogP contribution in [0.1, 0.15) is 71.6 Å². The van der Waals surface area contributed by atoms with E-state index in [9.17, 15) is 5.11 Å². The zero-order valence-corrected chi connectivity index (χ0v) is 10.4. The molecule has 0 rings (SSSR count). The lowest BCUT2D eigenvalue weighted by atomic mass is 10.1. The van der Waals surface area contributed by atoms with Crippen LogP contribution in [0.15, 0.2) is 0 Å². The number of rotatable bonds is 8. The Morgan fingerprint density at radius 3 is 2.27 bits per heavy atom. The van der Waals surface area contributed by atoms with Gasteiger partial charge in [-0.2, -0.15) is 0 Å². The second-order valence-electron chi connectivity index (χ2n) is 4.14. The first-order valence-corrected chi connectivity index (χ1v) is 6.47. The Labute approximate surface area is 95.3 Å². The van der Waals surface area contributed by atoms with Crippen molar-refractivity contribution in [3.63, 3.8) is 0 Å². The molecule has 0 fully saturated rings. The van der Waals surface area contributed by atoms with Gasteiger partial charge in [-0.15, -0.1) is 5.92 Å². The van der Waals surface area contributed by atoms with Crippen LogP contribution in [-0.2, 0) is 0 Å². The van der Waals surface area contributed by atoms with Gasteiger partial charge in [0.15, 0.2) is 0 Å². The Morgan fingerprint density at radius 1 is 0.933 bits per heavy atom. The molecule has 0 unspecified atom stereocenters. The molecule has 0 aliphatic rings. The quantitative estimate of drug-likeness (QED) is 0.476. The number of hydrogen-bond acceptors (Lipinski definition) is 1. The van der Waals surface area contributed by atoms with Gasteiger partial charge in [0.2, 0.25) is 0 Å². The first-order valence-electron chi connectivity index (χ1n) is 6.47. The molecule has 0 bridgehead atoms. The van der Waals surface area contributed by atoms with E-state index in [1.54, 1.807) is 0 Å². The lowest BCUT2D eigenvalue weighted by Gasteiger charge is -2.02. The standard InChI is InChI=1S/C14H26O/c1-3-5-7-9-11-13-14(15)12-10-8-6-4-2/h14-15H,3-9,11,13H2,1-2H3/t14-/m1/s1. The van der Waals surface area contributed by atoms with E-state index in [0.717, 1.165) is 25.7 Å². The predicted molar refractivity (Wildman–Crippen MR) is 66.7 cm³/mol. The number of aliphatic hydroxyl groups excluding tert-OH is 1. The number of aliphatic hydroxyl groups is 1. The van der Waals surface area contributed by atoms with Crippen LogP contribution in [0, 0.1) is 11.8 Å². The third-order valence-electron chi connectivity index (χ3n) is 2.51. The van der Waals surface area contributed by atoms with Gasteiger partial charge in [-0.3, -0.25) is 0 Å². The normalized spacial score (nSPS) is 11.9. The largest absolute Gasteiger partial charge is 0.380 e. The topological polar surface area (TPSA) is 20.2 Å². The molecule has 0 aromatic rings. The van der Waals surface area contributed by atoms with Gasteiger partial charge in [-0.1, -0.05) is 51.9 Å². The molecule has 15 heavy (non-hydrogen) atoms. The Kier molecular flexibility index (Phi) is 11.2. The average molecular weight is 210 g/mol. The Morgan fingerprint density at radius 2 is 1.60 bits per heavy atom. The van der Waals surface area contributed by atoms with E-state index in [1.807, 2.05) is 0 Å². The maximum atomic E-state index is 9.53. The minimum absolute atomic E-state index is 0.386. The minimum atomic E-state index is -0.386. The highest BCUT2D eigenvalue weighted by Gasteiger charge is 1.97. The van der Waals surface area contributed by atoms with Crippen LogP contribution in [0.25, 0.3) is 0 Å². The summed E-state index contributed by atoms with van der Waals surface area (Å²) >= 11 is 0. The van der Waals surface area contributed by atoms with Gasteiger partial charge in [0, 0.05) is 6.42 Å². The van der Waals surface area contributed by atoms with E-state index in [1.165, 1.54) is 32.1 Å². The smallest absolute Gasteiger partial charge is 0.114 e. The zero-order chi connectivity index (χ0) is 11.4. The number of hydrogen-bond donors (Lipinski definition) is 1. The van der Waals surface area contributed by atoms with E-state index in [4.69, 9.17) is 0 Å². The summed E-state index contributed by atoms with van der Waals surface area (Å²) in [5.74, 6) is 5.95. The molecule has 0 aliphatic carbocycles. The molecule has 0 spiro atoms. The molecule has 0 radical (unpaired) electrons. The molecule has 1 N–H and O–H groups in total. The molecule has 1 heteroatoms. The molecule has 0 aliphatic heterocycles. The van der Waals surface area contributed by atoms with E-state index >= 15 is 0 Å². The van der Waals surface area contributed by atoms with Crippen LogP contribution in [-0.4, -0.2) is 11.2 Å². The highest BCUT2D eigenvalue weighted by Crippen LogP contribution is 2.06. The van der Waals surface area contributed by atoms with E-state index in [2.05, 4.69) is 25.7 Å². The summed E-state index contributed by atoms with van der Waals surface area (Å²) < 4.78 is 0. The molecule has 88 valence electrons. The highest BCUT2D eigenvalue weighted by molar-refractivity contribution is 5.04. The fourth-order valence-corrected chi connectivity index (χ4v) is 1.47. The predicted octanol–water partition coefficient (Wildman–Crippen LogP) is 3.90. The lowest BCUT2D eigenvalue weighted by molar-refractivity contribution is 0.217. The average Bonchev–Trinajstić information content (AvgIpc) is 2.24. The summed E-state index contributed by atoms with van der Waals surface area (Å²) in [6.07, 6.45) is 9.97. The minimum Gasteiger partial charge on any atom is -0.380 e. The zero-order valence-electron chi connectivity index (χ0n) is 10.4. The van der Waals surface area contributed by atoms with Gasteiger partial charge in [0.05, 0.1) is 0 Å². The molecule has 0 saturated carbocycles. The Balaban J connectivity index is 3.30. The van der Waals surface area contributed by atoms with Crippen LogP contribution in [0.3, 0.4) is 0 Å². The fourth-order valence-electron chi connectivity index (χ4n) is 1.47. The summed E-state index contributed by atoms with van der Waals surface area (Å²) in [5, 5.41) is 9.53. The summed E-state index contributed by atoms with van der Waals surface area (Å²) in [4.78, 5) is 0. The van der Waals surface area contributed by atoms with Crippen molar-refractivity contribution < 1.29 is 5.11 Å². The van der Waals surface area contributed by atoms with Gasteiger partial charge in [-0.25, -0.2) is 0 Å². The Hall–Kier alpha value is -0.480. The number of unbranched alkanes of at least 4 members (excludes halogenated alkanes) is 6. The SMILES string of the molecule is CCCCC#C[C@@H](O)CCCCCCC. The second kappa shape index (κ2) is 11.6. The summed E-state index contributed by atoms with van der Waals surface area (Å²) in [7, 11) is 0. The molecular weight excluding hydrogens is 184 g/mol. The summed E-state index contributed by atoms with van der Waals surface area (Å²) in [6.45, 7) is 4.37. The van der Waals surface area contributed by atoms with Crippen LogP contribution in [0.2, 0.25) is 0 Å². The van der Waals surface area contributed by atoms with Crippen molar-refractivity contribution in [2.24, 2.45) is 0 Å². The third kappa shape index (κ3) is 11.4. The fraction of sp³-hybridized carbons (Fsp3) is 0.857. The van der Waals surface area contributed by atoms with Gasteiger partial charge in [0.1, 0.15) is 6.10 Å². The van der Waals surface area contributed by atoms with Crippen molar-refractivity contribution in [1.82, 2.24) is 0 Å². The van der Waals surface area contributed by atoms with Crippen LogP contribution < -0.4 is 0 Å². The first kappa shape index (κ1) is 14.5. The van der Waals surface area contributed by atoms with Crippen LogP contribution in [0.4, 0.5) is 0 Å². The van der Waals surface area contributed by atoms with E-state index < -0.39 is 0 Å². The molecular formula is C14H26O. The first-order chi connectivity index (χ1) is 7.31. The molecule has 1 atom stereocenters. The van der Waals surface area contributed by atoms with Crippen LogP contribution in [0.5, 0.6) is 0 Å². The van der Waals surface area contributed by atoms with Crippen LogP contribution >= 0.6 is 0 Å². The highest BCUT2D eigenvalue weighted by atomic mass is 16.3. The van der Waals surface area contributed by atoms with Crippen molar-refractivity contribution in [3.05, 3.63) is 0 Å². The van der Waals surface area contributed by atoms with Gasteiger partial charge < -0.3 is 5.11 Å². The van der Waals surface area contributed by atoms with Crippen molar-refractivity contribution in [2.75, 3.05) is 0 Å². The molecule has 0 saturated heterocycles. The summed E-state index contributed by atoms with van der Waals surface area (Å²) in [6, 6.07) is 0. The monoisotopic (exact) mass is 210 g/mol. The van der Waals surface area contributed by atoms with E-state index in [0.29, 0.717) is 0 Å². The maximum absolute atomic E-state index is 9.53. The second-order valence-corrected chi connectivity index (χ2v) is 4.14. The Bertz CT molecular complexity index is 176. The van der Waals surface area contributed by atoms with Crippen molar-refractivity contribution in [1.29, 1.82) is 0 Å². The van der Waals surface area contributed by atoms with Gasteiger partial charge in [-0.05, 0) is 19.3 Å². The summed E-state index contributed by atoms with van der Waals surface area (Å²) in [5.41, 5.74) is 0. The molecule has 0 heterocycles. The maximum Gasteiger partial charge on any atom is 0.114 e. The third-order valence-corrected chi connectivity index (χ3v) is 2.51. The van der Waals surface area contributed by atoms with Crippen molar-refractivity contribution in [2.45, 2.75) is 77.7 Å². The molecule has 0 aromatic carbocycles. The molecule has 1 nitrogen and oxygen atoms in total. The lowest BCUT2D eigenvalue weighted by Crippen LogP contribution is -2.02. The van der Waals surface area contributed by atoms with Gasteiger partial charge >= 0.3 is 0 Å². The molecule has 0 amide bonds. The van der Waals surface area contributed by atoms with Gasteiger partial charge in [0.25, 0.3) is 0 Å². The van der Waals surface area contributed by atoms with E-state index in [-0.39, 0.29) is 6.10 Å². The van der Waals surface area contributed by atoms with Crippen molar-refractivity contribution in [3.8, 4) is 11.8 Å².